The van der Waals surface area contributed by atoms with Gasteiger partial charge in [-0.1, -0.05) is 0 Å². The van der Waals surface area contributed by atoms with Crippen LogP contribution in [0, 0.1) is 5.92 Å². The summed E-state index contributed by atoms with van der Waals surface area (Å²) in [7, 11) is 0. The zero-order valence-electron chi connectivity index (χ0n) is 11.3. The van der Waals surface area contributed by atoms with E-state index in [0.717, 1.165) is 12.6 Å². The van der Waals surface area contributed by atoms with E-state index in [1.807, 2.05) is 0 Å². The molecule has 21 heavy (non-hydrogen) atoms. The number of fused-ring (bicyclic) bond motifs is 1. The van der Waals surface area contributed by atoms with Crippen LogP contribution in [-0.4, -0.2) is 34.6 Å². The van der Waals surface area contributed by atoms with Gasteiger partial charge in [0.1, 0.15) is 0 Å². The number of anilines is 1. The first-order valence-corrected chi connectivity index (χ1v) is 6.96. The second kappa shape index (κ2) is 5.42. The van der Waals surface area contributed by atoms with Gasteiger partial charge in [0.05, 0.1) is 0 Å². The number of alkyl halides is 2. The van der Waals surface area contributed by atoms with Gasteiger partial charge < -0.3 is 10.2 Å². The maximum absolute atomic E-state index is 12.8. The Bertz CT molecular complexity index is 604. The van der Waals surface area contributed by atoms with Crippen molar-refractivity contribution in [2.24, 2.45) is 5.92 Å². The Hall–Kier alpha value is -1.99. The van der Waals surface area contributed by atoms with Gasteiger partial charge in [-0.3, -0.25) is 14.2 Å². The third kappa shape index (κ3) is 2.62. The minimum absolute atomic E-state index is 0.0580. The number of nitrogens with one attached hydrogen (secondary N) is 1. The smallest absolute Gasteiger partial charge is 0.321 e. The fourth-order valence-corrected chi connectivity index (χ4v) is 3.09. The van der Waals surface area contributed by atoms with Crippen LogP contribution in [0.2, 0.25) is 0 Å². The van der Waals surface area contributed by atoms with E-state index in [1.54, 1.807) is 4.90 Å². The Morgan fingerprint density at radius 1 is 1.33 bits per heavy atom. The van der Waals surface area contributed by atoms with Gasteiger partial charge in [0.2, 0.25) is 5.91 Å². The quantitative estimate of drug-likeness (QED) is 0.874. The molecule has 2 aliphatic heterocycles. The van der Waals surface area contributed by atoms with Crippen molar-refractivity contribution in [2.45, 2.75) is 31.9 Å². The molecule has 0 radical (unpaired) electrons. The summed E-state index contributed by atoms with van der Waals surface area (Å²) >= 11 is 0. The Kier molecular flexibility index (Phi) is 3.60. The molecule has 2 atom stereocenters. The van der Waals surface area contributed by atoms with Gasteiger partial charge in [-0.25, -0.2) is 4.98 Å². The second-order valence-corrected chi connectivity index (χ2v) is 5.45. The molecule has 0 saturated carbocycles. The predicted molar refractivity (Wildman–Crippen MR) is 71.2 cm³/mol. The zero-order chi connectivity index (χ0) is 15.0. The minimum Gasteiger partial charge on any atom is -0.353 e. The van der Waals surface area contributed by atoms with E-state index < -0.39 is 12.1 Å². The Labute approximate surface area is 119 Å². The molecule has 2 unspecified atom stereocenters. The predicted octanol–water partition coefficient (Wildman–Crippen LogP) is 0.743. The van der Waals surface area contributed by atoms with E-state index in [-0.39, 0.29) is 23.7 Å². The molecule has 1 aromatic rings. The highest BCUT2D eigenvalue weighted by atomic mass is 19.3. The summed E-state index contributed by atoms with van der Waals surface area (Å²) in [6.07, 6.45) is 4.13. The first-order chi connectivity index (χ1) is 10.1. The zero-order valence-corrected chi connectivity index (χ0v) is 11.3. The van der Waals surface area contributed by atoms with E-state index in [2.05, 4.69) is 10.3 Å². The number of halogens is 2. The molecule has 6 nitrogen and oxygen atoms in total. The van der Waals surface area contributed by atoms with Crippen LogP contribution >= 0.6 is 0 Å². The van der Waals surface area contributed by atoms with Crippen LogP contribution < -0.4 is 15.8 Å². The number of amides is 1. The summed E-state index contributed by atoms with van der Waals surface area (Å²) in [4.78, 5) is 29.1. The molecule has 114 valence electrons. The van der Waals surface area contributed by atoms with Crippen LogP contribution in [0.5, 0.6) is 0 Å². The van der Waals surface area contributed by atoms with Crippen molar-refractivity contribution in [3.05, 3.63) is 22.7 Å². The largest absolute Gasteiger partial charge is 0.353 e. The molecule has 8 heteroatoms. The number of piperidine rings is 2. The topological polar surface area (TPSA) is 67.2 Å². The fraction of sp³-hybridized carbons (Fsp3) is 0.615. The molecular formula is C13H16F2N4O2. The molecule has 0 aliphatic carbocycles. The highest BCUT2D eigenvalue weighted by Crippen LogP contribution is 2.26. The average Bonchev–Trinajstić information content (AvgIpc) is 2.46. The molecule has 2 aliphatic rings. The van der Waals surface area contributed by atoms with Crippen molar-refractivity contribution >= 4 is 11.7 Å². The Morgan fingerprint density at radius 2 is 2.14 bits per heavy atom. The lowest BCUT2D eigenvalue weighted by atomic mass is 9.85. The minimum atomic E-state index is -2.87. The number of carbonyl (C=O) groups is 1. The molecule has 1 aromatic heterocycles. The summed E-state index contributed by atoms with van der Waals surface area (Å²) in [5.41, 5.74) is -0.772. The Morgan fingerprint density at radius 3 is 2.90 bits per heavy atom. The van der Waals surface area contributed by atoms with Crippen molar-refractivity contribution in [1.82, 2.24) is 14.9 Å². The molecule has 0 bridgehead atoms. The van der Waals surface area contributed by atoms with E-state index >= 15 is 0 Å². The van der Waals surface area contributed by atoms with Crippen LogP contribution in [0.15, 0.2) is 17.2 Å². The highest BCUT2D eigenvalue weighted by molar-refractivity contribution is 5.77. The van der Waals surface area contributed by atoms with Crippen molar-refractivity contribution in [2.75, 3.05) is 18.0 Å². The van der Waals surface area contributed by atoms with Crippen LogP contribution in [0.25, 0.3) is 0 Å². The second-order valence-electron chi connectivity index (χ2n) is 5.45. The molecule has 3 rings (SSSR count). The molecule has 2 saturated heterocycles. The van der Waals surface area contributed by atoms with Gasteiger partial charge in [-0.05, 0) is 18.8 Å². The average molecular weight is 298 g/mol. The highest BCUT2D eigenvalue weighted by Gasteiger charge is 2.35. The van der Waals surface area contributed by atoms with Crippen LogP contribution in [0.4, 0.5) is 14.6 Å². The summed E-state index contributed by atoms with van der Waals surface area (Å²) in [6, 6.07) is 0.114. The number of hydrogen-bond acceptors (Lipinski definition) is 4. The number of carbonyl (C=O) groups excluding carboxylic acids is 1. The summed E-state index contributed by atoms with van der Waals surface area (Å²) < 4.78 is 25.9. The molecule has 1 amide bonds. The molecule has 2 fully saturated rings. The number of aromatic nitrogens is 2. The molecule has 3 heterocycles. The fourth-order valence-electron chi connectivity index (χ4n) is 3.09. The SMILES string of the molecule is O=C1CCC2CN(c3nccn(C(F)F)c3=O)CCC2N1. The van der Waals surface area contributed by atoms with E-state index in [4.69, 9.17) is 0 Å². The van der Waals surface area contributed by atoms with Crippen molar-refractivity contribution in [3.8, 4) is 0 Å². The van der Waals surface area contributed by atoms with Gasteiger partial charge in [-0.15, -0.1) is 0 Å². The number of hydrogen-bond donors (Lipinski definition) is 1. The number of nitrogens with zero attached hydrogens (tertiary/aromatic N) is 3. The Balaban J connectivity index is 1.81. The van der Waals surface area contributed by atoms with Crippen LogP contribution in [0.3, 0.4) is 0 Å². The van der Waals surface area contributed by atoms with Crippen LogP contribution in [-0.2, 0) is 4.79 Å². The summed E-state index contributed by atoms with van der Waals surface area (Å²) in [6.45, 7) is -1.79. The third-order valence-corrected chi connectivity index (χ3v) is 4.18. The van der Waals surface area contributed by atoms with Gasteiger partial charge in [0, 0.05) is 37.9 Å². The van der Waals surface area contributed by atoms with Crippen molar-refractivity contribution < 1.29 is 13.6 Å². The molecule has 0 spiro atoms. The molecule has 0 aromatic carbocycles. The van der Waals surface area contributed by atoms with Gasteiger partial charge in [0.25, 0.3) is 5.56 Å². The maximum atomic E-state index is 12.8. The third-order valence-electron chi connectivity index (χ3n) is 4.18. The van der Waals surface area contributed by atoms with E-state index in [9.17, 15) is 18.4 Å². The van der Waals surface area contributed by atoms with Gasteiger partial charge in [-0.2, -0.15) is 8.78 Å². The normalized spacial score (nSPS) is 25.7. The van der Waals surface area contributed by atoms with Crippen molar-refractivity contribution in [3.63, 3.8) is 0 Å². The monoisotopic (exact) mass is 298 g/mol. The van der Waals surface area contributed by atoms with Gasteiger partial charge in [0.15, 0.2) is 5.82 Å². The number of rotatable bonds is 2. The summed E-state index contributed by atoms with van der Waals surface area (Å²) in [5, 5.41) is 2.95. The lowest BCUT2D eigenvalue weighted by Crippen LogP contribution is -2.55. The van der Waals surface area contributed by atoms with Crippen molar-refractivity contribution in [1.29, 1.82) is 0 Å². The first kappa shape index (κ1) is 14.0. The maximum Gasteiger partial charge on any atom is 0.321 e. The molecular weight excluding hydrogens is 282 g/mol. The standard InChI is InChI=1S/C13H16F2N4O2/c14-13(15)19-6-4-16-11(12(19)21)18-5-3-9-8(7-18)1-2-10(20)17-9/h4,6,8-9,13H,1-3,5,7H2,(H,17,20). The summed E-state index contributed by atoms with van der Waals surface area (Å²) in [5.74, 6) is 0.355. The van der Waals surface area contributed by atoms with E-state index in [0.29, 0.717) is 30.5 Å². The van der Waals surface area contributed by atoms with Gasteiger partial charge >= 0.3 is 6.55 Å². The first-order valence-electron chi connectivity index (χ1n) is 6.96. The van der Waals surface area contributed by atoms with Crippen LogP contribution in [0.1, 0.15) is 25.8 Å². The lowest BCUT2D eigenvalue weighted by Gasteiger charge is -2.41. The van der Waals surface area contributed by atoms with E-state index in [1.165, 1.54) is 6.20 Å². The lowest BCUT2D eigenvalue weighted by molar-refractivity contribution is -0.124. The molecule has 1 N–H and O–H groups in total.